The number of non-ortho nitro benzene ring substituents is 1. The highest BCUT2D eigenvalue weighted by Crippen LogP contribution is 2.35. The molecule has 5 rings (SSSR count). The summed E-state index contributed by atoms with van der Waals surface area (Å²) in [7, 11) is 1.45. The summed E-state index contributed by atoms with van der Waals surface area (Å²) in [6.07, 6.45) is 5.05. The van der Waals surface area contributed by atoms with E-state index in [1.54, 1.807) is 36.7 Å². The molecular formula is C23H16N4O5. The normalized spacial score (nSPS) is 11.4. The molecule has 32 heavy (non-hydrogen) atoms. The van der Waals surface area contributed by atoms with Gasteiger partial charge in [0.05, 0.1) is 36.1 Å². The van der Waals surface area contributed by atoms with Crippen molar-refractivity contribution in [3.8, 4) is 28.5 Å². The summed E-state index contributed by atoms with van der Waals surface area (Å²) < 4.78 is 18.6. The molecule has 0 bridgehead atoms. The summed E-state index contributed by atoms with van der Waals surface area (Å²) >= 11 is 0. The molecule has 0 fully saturated rings. The lowest BCUT2D eigenvalue weighted by Crippen LogP contribution is -1.92. The van der Waals surface area contributed by atoms with Gasteiger partial charge in [-0.05, 0) is 42.5 Å². The Morgan fingerprint density at radius 3 is 2.81 bits per heavy atom. The fourth-order valence-corrected chi connectivity index (χ4v) is 3.37. The number of hydrogen-bond donors (Lipinski definition) is 0. The number of furan rings is 2. The molecule has 158 valence electrons. The van der Waals surface area contributed by atoms with Gasteiger partial charge in [0, 0.05) is 12.3 Å². The van der Waals surface area contributed by atoms with Crippen LogP contribution in [0.2, 0.25) is 0 Å². The topological polar surface area (TPSA) is 108 Å². The van der Waals surface area contributed by atoms with Gasteiger partial charge < -0.3 is 13.6 Å². The fraction of sp³-hybridized carbons (Fsp3) is 0.0435. The van der Waals surface area contributed by atoms with Crippen LogP contribution in [0.25, 0.3) is 28.4 Å². The van der Waals surface area contributed by atoms with Gasteiger partial charge in [0.25, 0.3) is 5.69 Å². The van der Waals surface area contributed by atoms with Crippen LogP contribution >= 0.6 is 0 Å². The van der Waals surface area contributed by atoms with Crippen molar-refractivity contribution in [2.45, 2.75) is 0 Å². The smallest absolute Gasteiger partial charge is 0.273 e. The number of nitro benzene ring substituents is 1. The van der Waals surface area contributed by atoms with Gasteiger partial charge in [-0.1, -0.05) is 6.07 Å². The van der Waals surface area contributed by atoms with Crippen molar-refractivity contribution in [3.05, 3.63) is 89.0 Å². The number of hydrogen-bond acceptors (Lipinski definition) is 7. The molecule has 0 saturated heterocycles. The van der Waals surface area contributed by atoms with Crippen LogP contribution in [-0.2, 0) is 0 Å². The van der Waals surface area contributed by atoms with Crippen LogP contribution in [0.3, 0.4) is 0 Å². The molecule has 0 atom stereocenters. The average Bonchev–Trinajstić information content (AvgIpc) is 3.56. The third-order valence-corrected chi connectivity index (χ3v) is 4.86. The maximum Gasteiger partial charge on any atom is 0.273 e. The van der Waals surface area contributed by atoms with E-state index in [9.17, 15) is 10.1 Å². The average molecular weight is 428 g/mol. The Morgan fingerprint density at radius 2 is 2.03 bits per heavy atom. The van der Waals surface area contributed by atoms with E-state index in [0.29, 0.717) is 40.1 Å². The number of fused-ring (bicyclic) bond motifs is 1. The Kier molecular flexibility index (Phi) is 4.75. The Morgan fingerprint density at radius 1 is 1.12 bits per heavy atom. The Bertz CT molecular complexity index is 1450. The first-order chi connectivity index (χ1) is 15.6. The molecule has 0 N–H and O–H groups in total. The van der Waals surface area contributed by atoms with Gasteiger partial charge in [-0.15, -0.1) is 0 Å². The number of pyridine rings is 1. The maximum atomic E-state index is 11.0. The van der Waals surface area contributed by atoms with Crippen molar-refractivity contribution in [1.82, 2.24) is 9.38 Å². The molecular weight excluding hydrogens is 412 g/mol. The van der Waals surface area contributed by atoms with Crippen molar-refractivity contribution < 1.29 is 18.5 Å². The molecule has 9 nitrogen and oxygen atoms in total. The van der Waals surface area contributed by atoms with E-state index in [1.807, 2.05) is 34.9 Å². The van der Waals surface area contributed by atoms with Crippen molar-refractivity contribution in [2.24, 2.45) is 4.99 Å². The van der Waals surface area contributed by atoms with Crippen molar-refractivity contribution in [3.63, 3.8) is 0 Å². The van der Waals surface area contributed by atoms with Gasteiger partial charge in [0.1, 0.15) is 22.9 Å². The lowest BCUT2D eigenvalue weighted by molar-refractivity contribution is -0.384. The van der Waals surface area contributed by atoms with E-state index >= 15 is 0 Å². The van der Waals surface area contributed by atoms with Crippen molar-refractivity contribution in [1.29, 1.82) is 0 Å². The van der Waals surface area contributed by atoms with E-state index in [4.69, 9.17) is 13.6 Å². The standard InChI is InChI=1S/C23H16N4O5/c1-30-20-13-15(27(28)29)7-9-17(20)18-10-8-16(32-18)14-24-23-22(19-5-4-12-31-19)25-21-6-2-3-11-26(21)23/h2-14H,1H3. The predicted molar refractivity (Wildman–Crippen MR) is 117 cm³/mol. The number of methoxy groups -OCH3 is 1. The zero-order chi connectivity index (χ0) is 22.1. The van der Waals surface area contributed by atoms with Crippen molar-refractivity contribution >= 4 is 23.4 Å². The van der Waals surface area contributed by atoms with Gasteiger partial charge >= 0.3 is 0 Å². The van der Waals surface area contributed by atoms with Crippen LogP contribution in [0.1, 0.15) is 5.76 Å². The summed E-state index contributed by atoms with van der Waals surface area (Å²) in [5, 5.41) is 11.0. The number of benzene rings is 1. The van der Waals surface area contributed by atoms with Crippen LogP contribution in [-0.4, -0.2) is 27.6 Å². The number of rotatable bonds is 6. The quantitative estimate of drug-likeness (QED) is 0.200. The molecule has 9 heteroatoms. The molecule has 0 aliphatic heterocycles. The first-order valence-electron chi connectivity index (χ1n) is 9.62. The highest BCUT2D eigenvalue weighted by Gasteiger charge is 2.17. The SMILES string of the molecule is COc1cc([N+](=O)[O-])ccc1-c1ccc(C=Nc2c(-c3ccco3)nc3ccccn23)o1. The van der Waals surface area contributed by atoms with Gasteiger partial charge in [-0.2, -0.15) is 0 Å². The molecule has 0 saturated carbocycles. The minimum Gasteiger partial charge on any atom is -0.496 e. The van der Waals surface area contributed by atoms with E-state index in [-0.39, 0.29) is 5.69 Å². The van der Waals surface area contributed by atoms with E-state index in [1.165, 1.54) is 19.2 Å². The number of ether oxygens (including phenoxy) is 1. The predicted octanol–water partition coefficient (Wildman–Crippen LogP) is 5.52. The number of nitro groups is 1. The van der Waals surface area contributed by atoms with Crippen LogP contribution in [0, 0.1) is 10.1 Å². The lowest BCUT2D eigenvalue weighted by atomic mass is 10.1. The van der Waals surface area contributed by atoms with E-state index in [0.717, 1.165) is 5.65 Å². The summed E-state index contributed by atoms with van der Waals surface area (Å²) in [6, 6.07) is 17.2. The highest BCUT2D eigenvalue weighted by atomic mass is 16.6. The first-order valence-corrected chi connectivity index (χ1v) is 9.62. The largest absolute Gasteiger partial charge is 0.496 e. The molecule has 0 unspecified atom stereocenters. The third kappa shape index (κ3) is 3.41. The summed E-state index contributed by atoms with van der Waals surface area (Å²) in [5.74, 6) is 2.55. The van der Waals surface area contributed by atoms with E-state index < -0.39 is 4.92 Å². The van der Waals surface area contributed by atoms with Crippen LogP contribution in [0.4, 0.5) is 11.5 Å². The Labute approximate surface area is 181 Å². The summed E-state index contributed by atoms with van der Waals surface area (Å²) in [5.41, 5.74) is 1.89. The Balaban J connectivity index is 1.51. The number of aliphatic imine (C=N–C) groups is 1. The summed E-state index contributed by atoms with van der Waals surface area (Å²) in [6.45, 7) is 0. The maximum absolute atomic E-state index is 11.0. The zero-order valence-electron chi connectivity index (χ0n) is 16.8. The molecule has 0 radical (unpaired) electrons. The molecule has 5 aromatic rings. The first kappa shape index (κ1) is 19.3. The number of aromatic nitrogens is 2. The highest BCUT2D eigenvalue weighted by molar-refractivity contribution is 5.83. The molecule has 4 aromatic heterocycles. The second-order valence-corrected chi connectivity index (χ2v) is 6.79. The number of imidazole rings is 1. The molecule has 1 aromatic carbocycles. The van der Waals surface area contributed by atoms with E-state index in [2.05, 4.69) is 9.98 Å². The van der Waals surface area contributed by atoms with Crippen LogP contribution < -0.4 is 4.74 Å². The minimum absolute atomic E-state index is 0.0583. The number of nitrogens with zero attached hydrogens (tertiary/aromatic N) is 4. The van der Waals surface area contributed by atoms with Gasteiger partial charge in [0.2, 0.25) is 0 Å². The van der Waals surface area contributed by atoms with Gasteiger partial charge in [-0.3, -0.25) is 14.5 Å². The second kappa shape index (κ2) is 7.88. The lowest BCUT2D eigenvalue weighted by Gasteiger charge is -2.05. The molecule has 0 aliphatic rings. The summed E-state index contributed by atoms with van der Waals surface area (Å²) in [4.78, 5) is 19.8. The zero-order valence-corrected chi connectivity index (χ0v) is 16.8. The van der Waals surface area contributed by atoms with Crippen LogP contribution in [0.5, 0.6) is 5.75 Å². The molecule has 0 aliphatic carbocycles. The molecule has 4 heterocycles. The minimum atomic E-state index is -0.473. The second-order valence-electron chi connectivity index (χ2n) is 6.79. The van der Waals surface area contributed by atoms with Gasteiger partial charge in [-0.25, -0.2) is 9.98 Å². The van der Waals surface area contributed by atoms with Gasteiger partial charge in [0.15, 0.2) is 17.3 Å². The Hall–Kier alpha value is -4.66. The third-order valence-electron chi connectivity index (χ3n) is 4.86. The van der Waals surface area contributed by atoms with Crippen molar-refractivity contribution in [2.75, 3.05) is 7.11 Å². The molecule has 0 spiro atoms. The van der Waals surface area contributed by atoms with Crippen LogP contribution in [0.15, 0.2) is 87.0 Å². The molecule has 0 amide bonds. The monoisotopic (exact) mass is 428 g/mol. The fourth-order valence-electron chi connectivity index (χ4n) is 3.37.